The molecule has 5 heteroatoms. The van der Waals surface area contributed by atoms with Crippen molar-refractivity contribution in [2.45, 2.75) is 33.0 Å². The third kappa shape index (κ3) is 4.24. The Labute approximate surface area is 181 Å². The number of hydrogen-bond acceptors (Lipinski definition) is 2. The van der Waals surface area contributed by atoms with Crippen LogP contribution in [0.2, 0.25) is 5.02 Å². The fourth-order valence-electron chi connectivity index (χ4n) is 3.65. The number of nitrogens with zero attached hydrogens (tertiary/aromatic N) is 3. The Morgan fingerprint density at radius 1 is 1.00 bits per heavy atom. The molecule has 0 aliphatic heterocycles. The normalized spacial score (nSPS) is 11.2. The molecule has 30 heavy (non-hydrogen) atoms. The monoisotopic (exact) mass is 417 g/mol. The Balaban J connectivity index is 1.71. The summed E-state index contributed by atoms with van der Waals surface area (Å²) in [6, 6.07) is 25.7. The van der Waals surface area contributed by atoms with Crippen molar-refractivity contribution >= 4 is 28.5 Å². The maximum Gasteiger partial charge on any atom is 0.243 e. The summed E-state index contributed by atoms with van der Waals surface area (Å²) >= 11 is 6.22. The number of carbonyl (C=O) groups excluding carboxylic acids is 1. The van der Waals surface area contributed by atoms with Crippen LogP contribution in [0.5, 0.6) is 0 Å². The zero-order chi connectivity index (χ0) is 21.1. The Kier molecular flexibility index (Phi) is 5.86. The minimum atomic E-state index is 0.0558. The fourth-order valence-corrected chi connectivity index (χ4v) is 3.84. The van der Waals surface area contributed by atoms with E-state index in [9.17, 15) is 4.79 Å². The number of para-hydroxylation sites is 2. The summed E-state index contributed by atoms with van der Waals surface area (Å²) in [6.45, 7) is 4.89. The van der Waals surface area contributed by atoms with E-state index in [4.69, 9.17) is 16.6 Å². The number of imidazole rings is 1. The van der Waals surface area contributed by atoms with E-state index in [1.54, 1.807) is 0 Å². The number of hydrogen-bond donors (Lipinski definition) is 0. The van der Waals surface area contributed by atoms with Crippen LogP contribution in [0.15, 0.2) is 78.9 Å². The second kappa shape index (κ2) is 8.72. The summed E-state index contributed by atoms with van der Waals surface area (Å²) in [4.78, 5) is 20.1. The van der Waals surface area contributed by atoms with Crippen LogP contribution in [-0.4, -0.2) is 26.4 Å². The van der Waals surface area contributed by atoms with Gasteiger partial charge in [0.2, 0.25) is 5.91 Å². The summed E-state index contributed by atoms with van der Waals surface area (Å²) in [6.07, 6.45) is 0. The van der Waals surface area contributed by atoms with Crippen LogP contribution in [0.25, 0.3) is 22.4 Å². The first-order valence-electron chi connectivity index (χ1n) is 10.1. The number of carbonyl (C=O) groups is 1. The third-order valence-electron chi connectivity index (χ3n) is 5.17. The van der Waals surface area contributed by atoms with Gasteiger partial charge in [-0.05, 0) is 43.7 Å². The second-order valence-corrected chi connectivity index (χ2v) is 8.06. The molecule has 0 unspecified atom stereocenters. The summed E-state index contributed by atoms with van der Waals surface area (Å²) < 4.78 is 1.99. The van der Waals surface area contributed by atoms with Gasteiger partial charge >= 0.3 is 0 Å². The van der Waals surface area contributed by atoms with Gasteiger partial charge in [0.05, 0.1) is 11.0 Å². The molecule has 0 radical (unpaired) electrons. The van der Waals surface area contributed by atoms with Crippen LogP contribution >= 0.6 is 11.6 Å². The quantitative estimate of drug-likeness (QED) is 0.398. The molecule has 4 nitrogen and oxygen atoms in total. The highest BCUT2D eigenvalue weighted by Crippen LogP contribution is 2.27. The number of aromatic nitrogens is 2. The number of amides is 1. The fraction of sp³-hybridized carbons (Fsp3) is 0.200. The summed E-state index contributed by atoms with van der Waals surface area (Å²) in [5, 5.41) is 0.644. The molecule has 1 amide bonds. The lowest BCUT2D eigenvalue weighted by Gasteiger charge is -2.27. The lowest BCUT2D eigenvalue weighted by Crippen LogP contribution is -2.38. The first-order valence-corrected chi connectivity index (χ1v) is 10.5. The van der Waals surface area contributed by atoms with Gasteiger partial charge in [0.15, 0.2) is 0 Å². The number of halogens is 1. The zero-order valence-electron chi connectivity index (χ0n) is 17.1. The van der Waals surface area contributed by atoms with Gasteiger partial charge in [-0.3, -0.25) is 4.79 Å². The minimum absolute atomic E-state index is 0.0558. The van der Waals surface area contributed by atoms with E-state index in [0.717, 1.165) is 28.0 Å². The van der Waals surface area contributed by atoms with E-state index in [0.29, 0.717) is 11.6 Å². The standard InChI is InChI=1S/C25H24ClN3O/c1-18(2)28(16-19-9-4-3-5-10-19)24(30)17-29-23-14-7-6-13-22(23)27-25(29)20-11-8-12-21(26)15-20/h3-15,18H,16-17H2,1-2H3. The predicted octanol–water partition coefficient (Wildman–Crippen LogP) is 5.79. The number of fused-ring (bicyclic) bond motifs is 1. The van der Waals surface area contributed by atoms with Crippen molar-refractivity contribution in [3.63, 3.8) is 0 Å². The van der Waals surface area contributed by atoms with Crippen LogP contribution < -0.4 is 0 Å². The smallest absolute Gasteiger partial charge is 0.243 e. The van der Waals surface area contributed by atoms with Crippen molar-refractivity contribution < 1.29 is 4.79 Å². The predicted molar refractivity (Wildman–Crippen MR) is 122 cm³/mol. The van der Waals surface area contributed by atoms with E-state index in [2.05, 4.69) is 0 Å². The topological polar surface area (TPSA) is 38.1 Å². The number of rotatable bonds is 6. The Hall–Kier alpha value is -3.11. The van der Waals surface area contributed by atoms with Crippen molar-refractivity contribution in [2.24, 2.45) is 0 Å². The molecule has 0 aliphatic carbocycles. The highest BCUT2D eigenvalue weighted by molar-refractivity contribution is 6.30. The number of benzene rings is 3. The first-order chi connectivity index (χ1) is 14.5. The molecule has 0 bridgehead atoms. The molecule has 152 valence electrons. The Bertz CT molecular complexity index is 1170. The van der Waals surface area contributed by atoms with Gasteiger partial charge in [-0.1, -0.05) is 66.2 Å². The molecule has 0 saturated carbocycles. The molecule has 0 atom stereocenters. The van der Waals surface area contributed by atoms with E-state index < -0.39 is 0 Å². The summed E-state index contributed by atoms with van der Waals surface area (Å²) in [5.74, 6) is 0.802. The molecule has 4 aromatic rings. The Morgan fingerprint density at radius 2 is 1.73 bits per heavy atom. The average molecular weight is 418 g/mol. The molecular weight excluding hydrogens is 394 g/mol. The van der Waals surface area contributed by atoms with E-state index >= 15 is 0 Å². The van der Waals surface area contributed by atoms with E-state index in [-0.39, 0.29) is 18.5 Å². The van der Waals surface area contributed by atoms with Gasteiger partial charge in [-0.2, -0.15) is 0 Å². The van der Waals surface area contributed by atoms with Gasteiger partial charge in [0.1, 0.15) is 12.4 Å². The second-order valence-electron chi connectivity index (χ2n) is 7.62. The van der Waals surface area contributed by atoms with Gasteiger partial charge in [-0.15, -0.1) is 0 Å². The lowest BCUT2D eigenvalue weighted by molar-refractivity contribution is -0.134. The van der Waals surface area contributed by atoms with Crippen molar-refractivity contribution in [3.8, 4) is 11.4 Å². The maximum atomic E-state index is 13.4. The van der Waals surface area contributed by atoms with Crippen molar-refractivity contribution in [3.05, 3.63) is 89.4 Å². The van der Waals surface area contributed by atoms with Gasteiger partial charge in [-0.25, -0.2) is 4.98 Å². The molecular formula is C25H24ClN3O. The van der Waals surface area contributed by atoms with Crippen LogP contribution in [-0.2, 0) is 17.9 Å². The molecule has 0 spiro atoms. The largest absolute Gasteiger partial charge is 0.334 e. The molecule has 0 aliphatic rings. The average Bonchev–Trinajstić information content (AvgIpc) is 3.11. The third-order valence-corrected chi connectivity index (χ3v) is 5.41. The van der Waals surface area contributed by atoms with Gasteiger partial charge < -0.3 is 9.47 Å². The highest BCUT2D eigenvalue weighted by atomic mass is 35.5. The van der Waals surface area contributed by atoms with Crippen LogP contribution in [0.3, 0.4) is 0 Å². The van der Waals surface area contributed by atoms with Gasteiger partial charge in [0.25, 0.3) is 0 Å². The summed E-state index contributed by atoms with van der Waals surface area (Å²) in [7, 11) is 0. The molecule has 1 heterocycles. The maximum absolute atomic E-state index is 13.4. The van der Waals surface area contributed by atoms with E-state index in [1.165, 1.54) is 0 Å². The molecule has 0 N–H and O–H groups in total. The van der Waals surface area contributed by atoms with Crippen molar-refractivity contribution in [1.29, 1.82) is 0 Å². The SMILES string of the molecule is CC(C)N(Cc1ccccc1)C(=O)Cn1c(-c2cccc(Cl)c2)nc2ccccc21. The molecule has 3 aromatic carbocycles. The molecule has 0 saturated heterocycles. The summed E-state index contributed by atoms with van der Waals surface area (Å²) in [5.41, 5.74) is 3.81. The molecule has 1 aromatic heterocycles. The van der Waals surface area contributed by atoms with Crippen LogP contribution in [0.1, 0.15) is 19.4 Å². The van der Waals surface area contributed by atoms with Crippen molar-refractivity contribution in [2.75, 3.05) is 0 Å². The van der Waals surface area contributed by atoms with E-state index in [1.807, 2.05) is 102 Å². The van der Waals surface area contributed by atoms with Crippen molar-refractivity contribution in [1.82, 2.24) is 14.5 Å². The zero-order valence-corrected chi connectivity index (χ0v) is 17.9. The Morgan fingerprint density at radius 3 is 2.47 bits per heavy atom. The van der Waals surface area contributed by atoms with Crippen LogP contribution in [0.4, 0.5) is 0 Å². The molecule has 0 fully saturated rings. The minimum Gasteiger partial charge on any atom is -0.334 e. The van der Waals surface area contributed by atoms with Crippen LogP contribution in [0, 0.1) is 0 Å². The molecule has 4 rings (SSSR count). The lowest BCUT2D eigenvalue weighted by atomic mass is 10.2. The first kappa shape index (κ1) is 20.2. The van der Waals surface area contributed by atoms with Gasteiger partial charge in [0, 0.05) is 23.2 Å². The highest BCUT2D eigenvalue weighted by Gasteiger charge is 2.21.